The molecule has 0 unspecified atom stereocenters. The zero-order valence-electron chi connectivity index (χ0n) is 15.3. The van der Waals surface area contributed by atoms with Crippen LogP contribution in [0.3, 0.4) is 0 Å². The minimum atomic E-state index is -0.508. The Kier molecular flexibility index (Phi) is 4.69. The van der Waals surface area contributed by atoms with Crippen molar-refractivity contribution in [1.29, 1.82) is 0 Å². The van der Waals surface area contributed by atoms with E-state index in [4.69, 9.17) is 9.47 Å². The quantitative estimate of drug-likeness (QED) is 0.511. The number of fused-ring (bicyclic) bond motifs is 2. The second-order valence-electron chi connectivity index (χ2n) is 5.94. The van der Waals surface area contributed by atoms with Crippen LogP contribution < -0.4 is 10.9 Å². The number of hydrogen-bond acceptors (Lipinski definition) is 9. The predicted octanol–water partition coefficient (Wildman–Crippen LogP) is 2.62. The van der Waals surface area contributed by atoms with Crippen LogP contribution in [0.1, 0.15) is 20.7 Å². The van der Waals surface area contributed by atoms with E-state index in [-0.39, 0.29) is 5.56 Å². The largest absolute Gasteiger partial charge is 0.465 e. The van der Waals surface area contributed by atoms with Crippen LogP contribution in [0.5, 0.6) is 0 Å². The molecule has 0 amide bonds. The molecule has 2 heterocycles. The lowest BCUT2D eigenvalue weighted by Gasteiger charge is -2.04. The molecule has 0 radical (unpaired) electrons. The van der Waals surface area contributed by atoms with Crippen LogP contribution in [0.2, 0.25) is 0 Å². The van der Waals surface area contributed by atoms with Crippen LogP contribution in [-0.4, -0.2) is 40.8 Å². The van der Waals surface area contributed by atoms with Crippen molar-refractivity contribution in [2.45, 2.75) is 0 Å². The van der Waals surface area contributed by atoms with Gasteiger partial charge in [0.1, 0.15) is 0 Å². The fourth-order valence-electron chi connectivity index (χ4n) is 2.77. The van der Waals surface area contributed by atoms with E-state index >= 15 is 0 Å². The minimum Gasteiger partial charge on any atom is -0.465 e. The summed E-state index contributed by atoms with van der Waals surface area (Å²) < 4.78 is 10.6. The molecule has 0 saturated carbocycles. The molecule has 4 rings (SSSR count). The molecule has 0 aliphatic carbocycles. The molecule has 0 fully saturated rings. The van der Waals surface area contributed by atoms with Crippen LogP contribution in [0.4, 0.5) is 10.8 Å². The number of benzene rings is 2. The standard InChI is InChI=1S/C19H14N4O5S/c1-27-16(25)10-4-3-5-12(8-10)20-18-22-23-15(24)13-7-6-11(17(26)28-2)9-14(13)21-19(23)29-18/h3-9H,1-2H3,(H,20,22). The van der Waals surface area contributed by atoms with Gasteiger partial charge in [0.2, 0.25) is 10.1 Å². The third-order valence-electron chi connectivity index (χ3n) is 4.15. The van der Waals surface area contributed by atoms with Gasteiger partial charge in [0.25, 0.3) is 5.56 Å². The molecule has 9 nitrogen and oxygen atoms in total. The number of carbonyl (C=O) groups excluding carboxylic acids is 2. The fraction of sp³-hybridized carbons (Fsp3) is 0.105. The SMILES string of the molecule is COC(=O)c1cccc(Nc2nn3c(=O)c4ccc(C(=O)OC)cc4nc3s2)c1. The van der Waals surface area contributed by atoms with Crippen LogP contribution in [0, 0.1) is 0 Å². The van der Waals surface area contributed by atoms with E-state index in [0.717, 1.165) is 11.3 Å². The maximum absolute atomic E-state index is 12.7. The highest BCUT2D eigenvalue weighted by Crippen LogP contribution is 2.24. The molecule has 146 valence electrons. The first-order valence-corrected chi connectivity index (χ1v) is 9.19. The minimum absolute atomic E-state index is 0.304. The van der Waals surface area contributed by atoms with Crippen molar-refractivity contribution in [3.63, 3.8) is 0 Å². The van der Waals surface area contributed by atoms with Gasteiger partial charge >= 0.3 is 11.9 Å². The first-order chi connectivity index (χ1) is 14.0. The molecule has 0 saturated heterocycles. The van der Waals surface area contributed by atoms with Crippen molar-refractivity contribution in [3.05, 3.63) is 63.9 Å². The number of nitrogens with one attached hydrogen (secondary N) is 1. The van der Waals surface area contributed by atoms with Gasteiger partial charge in [0.05, 0.1) is 36.2 Å². The van der Waals surface area contributed by atoms with Crippen molar-refractivity contribution in [2.75, 3.05) is 19.5 Å². The summed E-state index contributed by atoms with van der Waals surface area (Å²) in [5.41, 5.74) is 1.32. The molecule has 2 aromatic carbocycles. The van der Waals surface area contributed by atoms with E-state index in [1.165, 1.54) is 36.9 Å². The lowest BCUT2D eigenvalue weighted by Crippen LogP contribution is -2.15. The Balaban J connectivity index is 1.75. The molecular formula is C19H14N4O5S. The molecule has 4 aromatic rings. The van der Waals surface area contributed by atoms with Crippen LogP contribution in [0.25, 0.3) is 15.9 Å². The number of hydrogen-bond donors (Lipinski definition) is 1. The van der Waals surface area contributed by atoms with E-state index in [1.807, 2.05) is 0 Å². The van der Waals surface area contributed by atoms with Gasteiger partial charge in [-0.3, -0.25) is 4.79 Å². The summed E-state index contributed by atoms with van der Waals surface area (Å²) in [5.74, 6) is -0.963. The van der Waals surface area contributed by atoms with Crippen LogP contribution in [0.15, 0.2) is 47.3 Å². The highest BCUT2D eigenvalue weighted by atomic mass is 32.1. The maximum Gasteiger partial charge on any atom is 0.337 e. The fourth-order valence-corrected chi connectivity index (χ4v) is 3.59. The van der Waals surface area contributed by atoms with E-state index in [0.29, 0.717) is 37.8 Å². The smallest absolute Gasteiger partial charge is 0.337 e. The molecule has 0 spiro atoms. The highest BCUT2D eigenvalue weighted by molar-refractivity contribution is 7.20. The van der Waals surface area contributed by atoms with Gasteiger partial charge in [-0.1, -0.05) is 17.4 Å². The third-order valence-corrected chi connectivity index (χ3v) is 4.98. The topological polar surface area (TPSA) is 112 Å². The summed E-state index contributed by atoms with van der Waals surface area (Å²) in [7, 11) is 2.60. The van der Waals surface area contributed by atoms with Gasteiger partial charge in [-0.25, -0.2) is 14.6 Å². The van der Waals surface area contributed by atoms with Crippen molar-refractivity contribution in [3.8, 4) is 0 Å². The number of anilines is 2. The summed E-state index contributed by atoms with van der Waals surface area (Å²) in [5, 5.41) is 8.08. The zero-order valence-corrected chi connectivity index (χ0v) is 16.1. The van der Waals surface area contributed by atoms with Gasteiger partial charge in [-0.15, -0.1) is 5.10 Å². The van der Waals surface area contributed by atoms with E-state index < -0.39 is 11.9 Å². The molecule has 0 aliphatic heterocycles. The first-order valence-electron chi connectivity index (χ1n) is 8.37. The summed E-state index contributed by atoms with van der Waals surface area (Å²) in [6.07, 6.45) is 0. The number of rotatable bonds is 4. The number of aromatic nitrogens is 3. The van der Waals surface area contributed by atoms with Crippen molar-refractivity contribution >= 4 is 50.0 Å². The normalized spacial score (nSPS) is 10.8. The molecule has 1 N–H and O–H groups in total. The number of nitrogens with zero attached hydrogens (tertiary/aromatic N) is 3. The molecule has 2 aromatic heterocycles. The van der Waals surface area contributed by atoms with Gasteiger partial charge in [0.15, 0.2) is 0 Å². The number of carbonyl (C=O) groups is 2. The lowest BCUT2D eigenvalue weighted by atomic mass is 10.1. The summed E-state index contributed by atoms with van der Waals surface area (Å²) in [6.45, 7) is 0. The second kappa shape index (κ2) is 7.32. The first kappa shape index (κ1) is 18.6. The number of ether oxygens (including phenoxy) is 2. The maximum atomic E-state index is 12.7. The van der Waals surface area contributed by atoms with E-state index in [9.17, 15) is 14.4 Å². The van der Waals surface area contributed by atoms with Gasteiger partial charge in [-0.2, -0.15) is 4.52 Å². The molecule has 0 atom stereocenters. The van der Waals surface area contributed by atoms with E-state index in [1.54, 1.807) is 24.3 Å². The molecule has 0 bridgehead atoms. The Hall–Kier alpha value is -3.79. The van der Waals surface area contributed by atoms with Gasteiger partial charge < -0.3 is 14.8 Å². The van der Waals surface area contributed by atoms with Crippen LogP contribution >= 0.6 is 11.3 Å². The van der Waals surface area contributed by atoms with Gasteiger partial charge in [0, 0.05) is 5.69 Å². The molecular weight excluding hydrogens is 396 g/mol. The Morgan fingerprint density at radius 3 is 2.48 bits per heavy atom. The average molecular weight is 410 g/mol. The Labute approximate surface area is 167 Å². The molecule has 10 heteroatoms. The summed E-state index contributed by atoms with van der Waals surface area (Å²) in [4.78, 5) is 40.9. The second-order valence-corrected chi connectivity index (χ2v) is 6.90. The number of methoxy groups -OCH3 is 2. The van der Waals surface area contributed by atoms with Crippen molar-refractivity contribution in [2.24, 2.45) is 0 Å². The molecule has 0 aliphatic rings. The zero-order chi connectivity index (χ0) is 20.5. The van der Waals surface area contributed by atoms with Crippen molar-refractivity contribution < 1.29 is 19.1 Å². The Bertz CT molecular complexity index is 1330. The van der Waals surface area contributed by atoms with Gasteiger partial charge in [-0.05, 0) is 36.4 Å². The summed E-state index contributed by atoms with van der Waals surface area (Å²) in [6, 6.07) is 11.3. The lowest BCUT2D eigenvalue weighted by molar-refractivity contribution is 0.0592. The Morgan fingerprint density at radius 1 is 1.03 bits per heavy atom. The average Bonchev–Trinajstić information content (AvgIpc) is 3.15. The Morgan fingerprint density at radius 2 is 1.76 bits per heavy atom. The van der Waals surface area contributed by atoms with E-state index in [2.05, 4.69) is 15.4 Å². The van der Waals surface area contributed by atoms with Crippen LogP contribution in [-0.2, 0) is 9.47 Å². The third kappa shape index (κ3) is 3.41. The number of esters is 2. The summed E-state index contributed by atoms with van der Waals surface area (Å²) >= 11 is 1.16. The van der Waals surface area contributed by atoms with Crippen molar-refractivity contribution in [1.82, 2.24) is 14.6 Å². The monoisotopic (exact) mass is 410 g/mol. The highest BCUT2D eigenvalue weighted by Gasteiger charge is 2.14. The predicted molar refractivity (Wildman–Crippen MR) is 107 cm³/mol. The molecule has 29 heavy (non-hydrogen) atoms.